The average Bonchev–Trinajstić information content (AvgIpc) is 3.30. The number of amides is 1. The highest BCUT2D eigenvalue weighted by Gasteiger charge is 2.28. The summed E-state index contributed by atoms with van der Waals surface area (Å²) in [5.74, 6) is 1.21. The second-order valence-corrected chi connectivity index (χ2v) is 5.72. The Morgan fingerprint density at radius 3 is 2.74 bits per heavy atom. The summed E-state index contributed by atoms with van der Waals surface area (Å²) in [4.78, 5) is 12.0. The summed E-state index contributed by atoms with van der Waals surface area (Å²) in [6.07, 6.45) is 2.28. The minimum absolute atomic E-state index is 0.00944. The molecule has 5 nitrogen and oxygen atoms in total. The molecule has 0 aliphatic heterocycles. The van der Waals surface area contributed by atoms with E-state index in [0.29, 0.717) is 24.0 Å². The van der Waals surface area contributed by atoms with Crippen LogP contribution >= 0.6 is 0 Å². The molecule has 1 heterocycles. The molecule has 6 heteroatoms. The molecule has 1 atom stereocenters. The number of ether oxygens (including phenoxy) is 1. The molecular formula is C17H19FN2O3. The van der Waals surface area contributed by atoms with Gasteiger partial charge in [-0.05, 0) is 55.2 Å². The van der Waals surface area contributed by atoms with E-state index in [0.717, 1.165) is 12.8 Å². The number of furan rings is 1. The maximum Gasteiger partial charge on any atom is 0.287 e. The summed E-state index contributed by atoms with van der Waals surface area (Å²) in [6.45, 7) is 0.617. The van der Waals surface area contributed by atoms with Gasteiger partial charge in [0.15, 0.2) is 5.76 Å². The fourth-order valence-electron chi connectivity index (χ4n) is 2.25. The van der Waals surface area contributed by atoms with Crippen LogP contribution in [0.1, 0.15) is 29.2 Å². The van der Waals surface area contributed by atoms with Gasteiger partial charge in [0.2, 0.25) is 0 Å². The Bertz CT molecular complexity index is 665. The van der Waals surface area contributed by atoms with Gasteiger partial charge in [0, 0.05) is 12.6 Å². The third-order valence-corrected chi connectivity index (χ3v) is 3.81. The molecule has 1 saturated carbocycles. The standard InChI is InChI=1S/C17H19FN2O3/c18-12-3-5-13(6-4-12)22-10-14-7-8-16(23-14)17(21)20-9-15(19)11-1-2-11/h3-8,11,15H,1-2,9-10,19H2,(H,20,21). The van der Waals surface area contributed by atoms with Gasteiger partial charge >= 0.3 is 0 Å². The highest BCUT2D eigenvalue weighted by atomic mass is 19.1. The Hall–Kier alpha value is -2.34. The van der Waals surface area contributed by atoms with Crippen LogP contribution in [-0.2, 0) is 6.61 Å². The van der Waals surface area contributed by atoms with Crippen LogP contribution in [-0.4, -0.2) is 18.5 Å². The first kappa shape index (κ1) is 15.6. The maximum atomic E-state index is 12.8. The van der Waals surface area contributed by atoms with Gasteiger partial charge in [-0.3, -0.25) is 4.79 Å². The van der Waals surface area contributed by atoms with Crippen LogP contribution in [0.25, 0.3) is 0 Å². The van der Waals surface area contributed by atoms with E-state index in [2.05, 4.69) is 5.32 Å². The molecule has 1 unspecified atom stereocenters. The van der Waals surface area contributed by atoms with E-state index in [9.17, 15) is 9.18 Å². The summed E-state index contributed by atoms with van der Waals surface area (Å²) in [7, 11) is 0. The van der Waals surface area contributed by atoms with Gasteiger partial charge in [0.05, 0.1) is 0 Å². The SMILES string of the molecule is NC(CNC(=O)c1ccc(COc2ccc(F)cc2)o1)C1CC1. The summed E-state index contributed by atoms with van der Waals surface area (Å²) < 4.78 is 23.7. The zero-order chi connectivity index (χ0) is 16.2. The van der Waals surface area contributed by atoms with E-state index in [1.165, 1.54) is 24.3 Å². The van der Waals surface area contributed by atoms with Crippen molar-refractivity contribution in [1.82, 2.24) is 5.32 Å². The smallest absolute Gasteiger partial charge is 0.287 e. The summed E-state index contributed by atoms with van der Waals surface area (Å²) >= 11 is 0. The highest BCUT2D eigenvalue weighted by molar-refractivity contribution is 5.91. The van der Waals surface area contributed by atoms with E-state index in [4.69, 9.17) is 14.9 Å². The molecule has 1 fully saturated rings. The molecule has 0 radical (unpaired) electrons. The quantitative estimate of drug-likeness (QED) is 0.822. The minimum atomic E-state index is -0.321. The molecule has 1 amide bonds. The lowest BCUT2D eigenvalue weighted by Gasteiger charge is -2.10. The number of hydrogen-bond acceptors (Lipinski definition) is 4. The number of hydrogen-bond donors (Lipinski definition) is 2. The normalized spacial score (nSPS) is 15.2. The summed E-state index contributed by atoms with van der Waals surface area (Å²) in [6, 6.07) is 8.99. The minimum Gasteiger partial charge on any atom is -0.486 e. The van der Waals surface area contributed by atoms with Crippen LogP contribution in [0.5, 0.6) is 5.75 Å². The van der Waals surface area contributed by atoms with Crippen molar-refractivity contribution in [3.05, 3.63) is 53.7 Å². The van der Waals surface area contributed by atoms with Gasteiger partial charge < -0.3 is 20.2 Å². The highest BCUT2D eigenvalue weighted by Crippen LogP contribution is 2.31. The number of nitrogens with one attached hydrogen (secondary N) is 1. The third-order valence-electron chi connectivity index (χ3n) is 3.81. The van der Waals surface area contributed by atoms with Crippen LogP contribution in [0, 0.1) is 11.7 Å². The first-order chi connectivity index (χ1) is 11.1. The number of carbonyl (C=O) groups excluding carboxylic acids is 1. The lowest BCUT2D eigenvalue weighted by molar-refractivity contribution is 0.0918. The molecule has 2 aromatic rings. The van der Waals surface area contributed by atoms with Crippen LogP contribution in [0.15, 0.2) is 40.8 Å². The van der Waals surface area contributed by atoms with Gasteiger partial charge in [0.1, 0.15) is 23.9 Å². The first-order valence-corrected chi connectivity index (χ1v) is 7.62. The van der Waals surface area contributed by atoms with Crippen LogP contribution in [0.3, 0.4) is 0 Å². The van der Waals surface area contributed by atoms with E-state index in [1.807, 2.05) is 0 Å². The van der Waals surface area contributed by atoms with Crippen molar-refractivity contribution in [3.63, 3.8) is 0 Å². The van der Waals surface area contributed by atoms with Crippen molar-refractivity contribution in [2.75, 3.05) is 6.54 Å². The van der Waals surface area contributed by atoms with Crippen LogP contribution in [0.2, 0.25) is 0 Å². The Balaban J connectivity index is 1.48. The van der Waals surface area contributed by atoms with Crippen molar-refractivity contribution >= 4 is 5.91 Å². The van der Waals surface area contributed by atoms with Gasteiger partial charge in [-0.2, -0.15) is 0 Å². The maximum absolute atomic E-state index is 12.8. The van der Waals surface area contributed by atoms with Crippen molar-refractivity contribution < 1.29 is 18.3 Å². The topological polar surface area (TPSA) is 77.5 Å². The van der Waals surface area contributed by atoms with Crippen LogP contribution in [0.4, 0.5) is 4.39 Å². The number of benzene rings is 1. The monoisotopic (exact) mass is 318 g/mol. The number of rotatable bonds is 7. The van der Waals surface area contributed by atoms with E-state index in [1.54, 1.807) is 12.1 Å². The molecule has 1 aromatic carbocycles. The largest absolute Gasteiger partial charge is 0.486 e. The fraction of sp³-hybridized carbons (Fsp3) is 0.353. The third kappa shape index (κ3) is 4.32. The number of carbonyl (C=O) groups is 1. The van der Waals surface area contributed by atoms with Crippen molar-refractivity contribution in [3.8, 4) is 5.75 Å². The molecule has 122 valence electrons. The van der Waals surface area contributed by atoms with Gasteiger partial charge in [-0.1, -0.05) is 0 Å². The predicted octanol–water partition coefficient (Wildman–Crippen LogP) is 2.46. The zero-order valence-corrected chi connectivity index (χ0v) is 12.6. The Morgan fingerprint density at radius 2 is 2.04 bits per heavy atom. The molecule has 0 bridgehead atoms. The number of halogens is 1. The lowest BCUT2D eigenvalue weighted by atomic mass is 10.2. The summed E-state index contributed by atoms with van der Waals surface area (Å²) in [5, 5.41) is 2.77. The van der Waals surface area contributed by atoms with E-state index < -0.39 is 0 Å². The van der Waals surface area contributed by atoms with E-state index >= 15 is 0 Å². The molecule has 3 rings (SSSR count). The molecule has 1 aliphatic rings. The zero-order valence-electron chi connectivity index (χ0n) is 12.6. The van der Waals surface area contributed by atoms with Gasteiger partial charge in [0.25, 0.3) is 5.91 Å². The van der Waals surface area contributed by atoms with Crippen molar-refractivity contribution in [2.45, 2.75) is 25.5 Å². The predicted molar refractivity (Wildman–Crippen MR) is 82.5 cm³/mol. The Kier molecular flexibility index (Phi) is 4.62. The second-order valence-electron chi connectivity index (χ2n) is 5.72. The summed E-state index contributed by atoms with van der Waals surface area (Å²) in [5.41, 5.74) is 5.94. The second kappa shape index (κ2) is 6.83. The molecule has 0 saturated heterocycles. The molecule has 23 heavy (non-hydrogen) atoms. The molecule has 1 aromatic heterocycles. The average molecular weight is 318 g/mol. The van der Waals surface area contributed by atoms with E-state index in [-0.39, 0.29) is 30.1 Å². The van der Waals surface area contributed by atoms with Crippen molar-refractivity contribution in [1.29, 1.82) is 0 Å². The lowest BCUT2D eigenvalue weighted by Crippen LogP contribution is -2.38. The van der Waals surface area contributed by atoms with Crippen LogP contribution < -0.4 is 15.8 Å². The number of nitrogens with two attached hydrogens (primary N) is 1. The van der Waals surface area contributed by atoms with Crippen molar-refractivity contribution in [2.24, 2.45) is 11.7 Å². The molecule has 3 N–H and O–H groups in total. The molecule has 1 aliphatic carbocycles. The Morgan fingerprint density at radius 1 is 1.30 bits per heavy atom. The first-order valence-electron chi connectivity index (χ1n) is 7.62. The Labute approximate surface area is 133 Å². The molecular weight excluding hydrogens is 299 g/mol. The van der Waals surface area contributed by atoms with Gasteiger partial charge in [-0.15, -0.1) is 0 Å². The fourth-order valence-corrected chi connectivity index (χ4v) is 2.25. The van der Waals surface area contributed by atoms with Gasteiger partial charge in [-0.25, -0.2) is 4.39 Å². The molecule has 0 spiro atoms.